The van der Waals surface area contributed by atoms with Gasteiger partial charge in [0.1, 0.15) is 0 Å². The van der Waals surface area contributed by atoms with E-state index in [9.17, 15) is 4.79 Å². The summed E-state index contributed by atoms with van der Waals surface area (Å²) in [6.45, 7) is 0. The normalized spacial score (nSPS) is 10.8. The number of nitrogens with zero attached hydrogens (tertiary/aromatic N) is 1. The fourth-order valence-electron chi connectivity index (χ4n) is 1.75. The van der Waals surface area contributed by atoms with Crippen molar-refractivity contribution in [2.75, 3.05) is 0 Å². The molecule has 0 saturated heterocycles. The van der Waals surface area contributed by atoms with E-state index in [0.29, 0.717) is 0 Å². The van der Waals surface area contributed by atoms with E-state index in [-0.39, 0.29) is 31.2 Å². The maximum atomic E-state index is 10.6. The molecule has 0 bridgehead atoms. The zero-order valence-corrected chi connectivity index (χ0v) is 12.2. The van der Waals surface area contributed by atoms with Gasteiger partial charge in [-0.25, -0.2) is 0 Å². The Labute approximate surface area is 129 Å². The molecule has 1 heterocycles. The third-order valence-electron chi connectivity index (χ3n) is 2.69. The first-order valence-electron chi connectivity index (χ1n) is 5.64. The van der Waals surface area contributed by atoms with Crippen LogP contribution in [-0.4, -0.2) is 16.1 Å². The number of nitrogens with two attached hydrogens (primary N) is 1. The first-order valence-corrected chi connectivity index (χ1v) is 5.64. The van der Waals surface area contributed by atoms with Crippen molar-refractivity contribution in [3.05, 3.63) is 54.4 Å². The molecule has 1 unspecified atom stereocenters. The molecule has 0 aliphatic heterocycles. The predicted octanol–water partition coefficient (Wildman–Crippen LogP) is 3.07. The maximum absolute atomic E-state index is 10.6. The summed E-state index contributed by atoms with van der Waals surface area (Å²) >= 11 is 0. The van der Waals surface area contributed by atoms with Crippen molar-refractivity contribution in [2.24, 2.45) is 5.73 Å². The molecule has 2 aromatic rings. The Morgan fingerprint density at radius 3 is 2.40 bits per heavy atom. The van der Waals surface area contributed by atoms with Crippen LogP contribution in [0.1, 0.15) is 18.0 Å². The first kappa shape index (κ1) is 18.4. The lowest BCUT2D eigenvalue weighted by molar-refractivity contribution is -0.137. The van der Waals surface area contributed by atoms with E-state index in [4.69, 9.17) is 10.8 Å². The molecule has 2 rings (SSSR count). The number of carboxylic acid groups (broad SMARTS) is 1. The molecule has 6 heteroatoms. The maximum Gasteiger partial charge on any atom is 0.305 e. The van der Waals surface area contributed by atoms with Gasteiger partial charge in [-0.1, -0.05) is 30.3 Å². The fraction of sp³-hybridized carbons (Fsp3) is 0.143. The Morgan fingerprint density at radius 1 is 1.15 bits per heavy atom. The summed E-state index contributed by atoms with van der Waals surface area (Å²) in [5.41, 5.74) is 8.53. The molecule has 0 aliphatic rings. The van der Waals surface area contributed by atoms with Gasteiger partial charge in [-0.15, -0.1) is 24.8 Å². The van der Waals surface area contributed by atoms with E-state index >= 15 is 0 Å². The third-order valence-corrected chi connectivity index (χ3v) is 2.69. The lowest BCUT2D eigenvalue weighted by Gasteiger charge is -2.10. The number of hydrogen-bond donors (Lipinski definition) is 2. The van der Waals surface area contributed by atoms with Crippen LogP contribution in [0, 0.1) is 0 Å². The summed E-state index contributed by atoms with van der Waals surface area (Å²) < 4.78 is 0. The zero-order chi connectivity index (χ0) is 13.0. The van der Waals surface area contributed by atoms with Crippen LogP contribution >= 0.6 is 24.8 Å². The number of aliphatic carboxylic acids is 1. The van der Waals surface area contributed by atoms with Gasteiger partial charge in [0, 0.05) is 24.0 Å². The SMILES string of the molecule is Cl.Cl.NC(CC(=O)O)c1cncc(-c2ccccc2)c1. The van der Waals surface area contributed by atoms with Crippen LogP contribution in [0.2, 0.25) is 0 Å². The number of aromatic nitrogens is 1. The largest absolute Gasteiger partial charge is 0.481 e. The second-order valence-corrected chi connectivity index (χ2v) is 4.08. The Morgan fingerprint density at radius 2 is 1.80 bits per heavy atom. The summed E-state index contributed by atoms with van der Waals surface area (Å²) in [6.07, 6.45) is 3.26. The highest BCUT2D eigenvalue weighted by Crippen LogP contribution is 2.22. The standard InChI is InChI=1S/C14H14N2O2.2ClH/c15-13(7-14(17)18)12-6-11(8-16-9-12)10-4-2-1-3-5-10;;/h1-6,8-9,13H,7,15H2,(H,17,18);2*1H. The quantitative estimate of drug-likeness (QED) is 0.909. The number of hydrogen-bond acceptors (Lipinski definition) is 3. The predicted molar refractivity (Wildman–Crippen MR) is 83.4 cm³/mol. The molecule has 1 aromatic carbocycles. The van der Waals surface area contributed by atoms with Gasteiger partial charge in [-0.2, -0.15) is 0 Å². The zero-order valence-electron chi connectivity index (χ0n) is 10.6. The monoisotopic (exact) mass is 314 g/mol. The van der Waals surface area contributed by atoms with Crippen molar-refractivity contribution in [1.29, 1.82) is 0 Å². The number of carboxylic acids is 1. The van der Waals surface area contributed by atoms with E-state index in [1.54, 1.807) is 12.4 Å². The minimum absolute atomic E-state index is 0. The smallest absolute Gasteiger partial charge is 0.305 e. The minimum Gasteiger partial charge on any atom is -0.481 e. The lowest BCUT2D eigenvalue weighted by atomic mass is 10.0. The van der Waals surface area contributed by atoms with Gasteiger partial charge in [0.15, 0.2) is 0 Å². The van der Waals surface area contributed by atoms with Gasteiger partial charge >= 0.3 is 5.97 Å². The Bertz CT molecular complexity index is 550. The molecule has 0 fully saturated rings. The van der Waals surface area contributed by atoms with Crippen LogP contribution in [0.4, 0.5) is 0 Å². The fourth-order valence-corrected chi connectivity index (χ4v) is 1.75. The lowest BCUT2D eigenvalue weighted by Crippen LogP contribution is -2.15. The van der Waals surface area contributed by atoms with Crippen LogP contribution in [0.3, 0.4) is 0 Å². The van der Waals surface area contributed by atoms with Crippen molar-refractivity contribution in [3.63, 3.8) is 0 Å². The molecule has 3 N–H and O–H groups in total. The Balaban J connectivity index is 0.00000180. The van der Waals surface area contributed by atoms with Gasteiger partial charge in [0.25, 0.3) is 0 Å². The van der Waals surface area contributed by atoms with E-state index in [0.717, 1.165) is 16.7 Å². The Kier molecular flexibility index (Phi) is 7.84. The summed E-state index contributed by atoms with van der Waals surface area (Å²) in [5.74, 6) is -0.910. The molecule has 0 radical (unpaired) electrons. The van der Waals surface area contributed by atoms with Gasteiger partial charge in [0.2, 0.25) is 0 Å². The van der Waals surface area contributed by atoms with Gasteiger partial charge < -0.3 is 10.8 Å². The molecule has 0 saturated carbocycles. The molecular weight excluding hydrogens is 299 g/mol. The summed E-state index contributed by atoms with van der Waals surface area (Å²) in [6, 6.07) is 11.1. The molecule has 4 nitrogen and oxygen atoms in total. The number of carbonyl (C=O) groups is 1. The molecular formula is C14H16Cl2N2O2. The van der Waals surface area contributed by atoms with Crippen LogP contribution < -0.4 is 5.73 Å². The van der Waals surface area contributed by atoms with Crippen LogP contribution in [0.25, 0.3) is 11.1 Å². The highest BCUT2D eigenvalue weighted by Gasteiger charge is 2.11. The number of halogens is 2. The van der Waals surface area contributed by atoms with Crippen molar-refractivity contribution in [2.45, 2.75) is 12.5 Å². The van der Waals surface area contributed by atoms with Crippen molar-refractivity contribution < 1.29 is 9.90 Å². The topological polar surface area (TPSA) is 76.2 Å². The average Bonchev–Trinajstić information content (AvgIpc) is 2.39. The second-order valence-electron chi connectivity index (χ2n) is 4.08. The third kappa shape index (κ3) is 4.81. The summed E-state index contributed by atoms with van der Waals surface area (Å²) in [5, 5.41) is 8.73. The molecule has 20 heavy (non-hydrogen) atoms. The van der Waals surface area contributed by atoms with Crippen molar-refractivity contribution in [3.8, 4) is 11.1 Å². The Hall–Kier alpha value is -1.62. The van der Waals surface area contributed by atoms with Gasteiger partial charge in [0.05, 0.1) is 6.42 Å². The average molecular weight is 315 g/mol. The van der Waals surface area contributed by atoms with Crippen LogP contribution in [0.15, 0.2) is 48.8 Å². The summed E-state index contributed by atoms with van der Waals surface area (Å²) in [7, 11) is 0. The van der Waals surface area contributed by atoms with E-state index in [1.807, 2.05) is 36.4 Å². The number of benzene rings is 1. The second kappa shape index (κ2) is 8.53. The minimum atomic E-state index is -0.910. The highest BCUT2D eigenvalue weighted by atomic mass is 35.5. The van der Waals surface area contributed by atoms with Gasteiger partial charge in [-0.05, 0) is 17.2 Å². The number of pyridine rings is 1. The molecule has 0 spiro atoms. The molecule has 0 aliphatic carbocycles. The van der Waals surface area contributed by atoms with Gasteiger partial charge in [-0.3, -0.25) is 9.78 Å². The van der Waals surface area contributed by atoms with E-state index in [1.165, 1.54) is 0 Å². The van der Waals surface area contributed by atoms with Crippen molar-refractivity contribution in [1.82, 2.24) is 4.98 Å². The first-order chi connectivity index (χ1) is 8.66. The molecule has 1 atom stereocenters. The summed E-state index contributed by atoms with van der Waals surface area (Å²) in [4.78, 5) is 14.8. The molecule has 108 valence electrons. The highest BCUT2D eigenvalue weighted by molar-refractivity contribution is 5.85. The molecule has 1 aromatic heterocycles. The number of rotatable bonds is 4. The van der Waals surface area contributed by atoms with Crippen LogP contribution in [-0.2, 0) is 4.79 Å². The van der Waals surface area contributed by atoms with E-state index in [2.05, 4.69) is 4.98 Å². The van der Waals surface area contributed by atoms with Crippen LogP contribution in [0.5, 0.6) is 0 Å². The molecule has 0 amide bonds. The van der Waals surface area contributed by atoms with Crippen molar-refractivity contribution >= 4 is 30.8 Å². The van der Waals surface area contributed by atoms with E-state index < -0.39 is 12.0 Å².